The quantitative estimate of drug-likeness (QED) is 0.848. The highest BCUT2D eigenvalue weighted by molar-refractivity contribution is 6.01. The highest BCUT2D eigenvalue weighted by Gasteiger charge is 2.25. The van der Waals surface area contributed by atoms with E-state index in [0.717, 1.165) is 56.6 Å². The highest BCUT2D eigenvalue weighted by atomic mass is 16.2. The lowest BCUT2D eigenvalue weighted by Gasteiger charge is -2.29. The van der Waals surface area contributed by atoms with E-state index in [1.165, 1.54) is 5.56 Å². The Morgan fingerprint density at radius 3 is 2.86 bits per heavy atom. The monoisotopic (exact) mass is 286 g/mol. The fourth-order valence-corrected chi connectivity index (χ4v) is 3.37. The fourth-order valence-electron chi connectivity index (χ4n) is 3.37. The summed E-state index contributed by atoms with van der Waals surface area (Å²) in [6, 6.07) is 5.88. The Morgan fingerprint density at radius 1 is 1.29 bits per heavy atom. The zero-order chi connectivity index (χ0) is 14.8. The van der Waals surface area contributed by atoms with E-state index in [1.54, 1.807) is 11.8 Å². The molecule has 112 valence electrons. The lowest BCUT2D eigenvalue weighted by Crippen LogP contribution is -2.35. The van der Waals surface area contributed by atoms with E-state index in [4.69, 9.17) is 0 Å². The Morgan fingerprint density at radius 2 is 2.14 bits per heavy atom. The van der Waals surface area contributed by atoms with Crippen LogP contribution < -0.4 is 10.2 Å². The summed E-state index contributed by atoms with van der Waals surface area (Å²) in [4.78, 5) is 26.2. The molecule has 1 N–H and O–H groups in total. The second kappa shape index (κ2) is 5.98. The molecular weight excluding hydrogens is 264 g/mol. The van der Waals surface area contributed by atoms with Gasteiger partial charge in [0, 0.05) is 37.2 Å². The van der Waals surface area contributed by atoms with Crippen LogP contribution in [-0.2, 0) is 11.2 Å². The second-order valence-corrected chi connectivity index (χ2v) is 6.03. The molecule has 1 fully saturated rings. The molecule has 0 aliphatic carbocycles. The number of nitrogens with one attached hydrogen (secondary N) is 1. The average Bonchev–Trinajstić information content (AvgIpc) is 2.53. The number of carbonyl (C=O) groups is 2. The molecule has 21 heavy (non-hydrogen) atoms. The summed E-state index contributed by atoms with van der Waals surface area (Å²) < 4.78 is 0. The van der Waals surface area contributed by atoms with Gasteiger partial charge in [-0.25, -0.2) is 0 Å². The van der Waals surface area contributed by atoms with E-state index in [1.807, 2.05) is 18.2 Å². The van der Waals surface area contributed by atoms with Crippen molar-refractivity contribution in [1.29, 1.82) is 0 Å². The number of aryl methyl sites for hydroxylation is 1. The van der Waals surface area contributed by atoms with Gasteiger partial charge < -0.3 is 10.2 Å². The molecule has 2 heterocycles. The van der Waals surface area contributed by atoms with Gasteiger partial charge in [0.15, 0.2) is 5.78 Å². The average molecular weight is 286 g/mol. The smallest absolute Gasteiger partial charge is 0.223 e. The summed E-state index contributed by atoms with van der Waals surface area (Å²) in [6.07, 6.45) is 3.99. The predicted molar refractivity (Wildman–Crippen MR) is 82.7 cm³/mol. The van der Waals surface area contributed by atoms with Crippen molar-refractivity contribution in [2.75, 3.05) is 24.5 Å². The molecule has 2 aliphatic rings. The van der Waals surface area contributed by atoms with Crippen LogP contribution in [0.1, 0.15) is 42.1 Å². The molecule has 0 aromatic heterocycles. The van der Waals surface area contributed by atoms with Gasteiger partial charge in [-0.15, -0.1) is 0 Å². The van der Waals surface area contributed by atoms with Gasteiger partial charge in [-0.1, -0.05) is 12.1 Å². The van der Waals surface area contributed by atoms with Crippen LogP contribution in [0.4, 0.5) is 5.69 Å². The van der Waals surface area contributed by atoms with Crippen molar-refractivity contribution in [3.8, 4) is 0 Å². The Kier molecular flexibility index (Phi) is 4.06. The van der Waals surface area contributed by atoms with Crippen molar-refractivity contribution in [2.45, 2.75) is 32.6 Å². The number of nitrogens with zero attached hydrogens (tertiary/aromatic N) is 1. The summed E-state index contributed by atoms with van der Waals surface area (Å²) in [7, 11) is 0. The molecule has 3 rings (SSSR count). The first-order valence-corrected chi connectivity index (χ1v) is 7.83. The summed E-state index contributed by atoms with van der Waals surface area (Å²) >= 11 is 0. The third kappa shape index (κ3) is 2.86. The highest BCUT2D eigenvalue weighted by Crippen LogP contribution is 2.29. The van der Waals surface area contributed by atoms with Gasteiger partial charge in [0.2, 0.25) is 5.91 Å². The summed E-state index contributed by atoms with van der Waals surface area (Å²) in [5, 5.41) is 3.29. The van der Waals surface area contributed by atoms with Gasteiger partial charge >= 0.3 is 0 Å². The van der Waals surface area contributed by atoms with Gasteiger partial charge in [0.05, 0.1) is 0 Å². The molecule has 4 heteroatoms. The van der Waals surface area contributed by atoms with Crippen LogP contribution in [-0.4, -0.2) is 31.3 Å². The Balaban J connectivity index is 1.88. The van der Waals surface area contributed by atoms with Gasteiger partial charge in [-0.2, -0.15) is 0 Å². The normalized spacial score (nSPS) is 21.8. The SMILES string of the molecule is CC(=O)N1CCCc2ccc(C(=O)C3CCCNC3)cc21. The number of benzene rings is 1. The number of anilines is 1. The van der Waals surface area contributed by atoms with Crippen LogP contribution in [0.25, 0.3) is 0 Å². The van der Waals surface area contributed by atoms with E-state index in [-0.39, 0.29) is 17.6 Å². The molecular formula is C17H22N2O2. The largest absolute Gasteiger partial charge is 0.316 e. The van der Waals surface area contributed by atoms with Gasteiger partial charge in [0.1, 0.15) is 0 Å². The first-order valence-electron chi connectivity index (χ1n) is 7.83. The zero-order valence-electron chi connectivity index (χ0n) is 12.5. The summed E-state index contributed by atoms with van der Waals surface area (Å²) in [5.41, 5.74) is 2.86. The molecule has 0 spiro atoms. The lowest BCUT2D eigenvalue weighted by atomic mass is 9.89. The van der Waals surface area contributed by atoms with Crippen LogP contribution in [0, 0.1) is 5.92 Å². The molecule has 1 amide bonds. The fraction of sp³-hybridized carbons (Fsp3) is 0.529. The van der Waals surface area contributed by atoms with Crippen LogP contribution >= 0.6 is 0 Å². The third-order valence-corrected chi connectivity index (χ3v) is 4.54. The maximum atomic E-state index is 12.6. The van der Waals surface area contributed by atoms with Gasteiger partial charge in [0.25, 0.3) is 0 Å². The summed E-state index contributed by atoms with van der Waals surface area (Å²) in [5.74, 6) is 0.338. The minimum absolute atomic E-state index is 0.0554. The lowest BCUT2D eigenvalue weighted by molar-refractivity contribution is -0.116. The van der Waals surface area contributed by atoms with Crippen molar-refractivity contribution >= 4 is 17.4 Å². The maximum absolute atomic E-state index is 12.6. The van der Waals surface area contributed by atoms with E-state index in [2.05, 4.69) is 5.32 Å². The minimum Gasteiger partial charge on any atom is -0.316 e. The van der Waals surface area contributed by atoms with Crippen LogP contribution in [0.15, 0.2) is 18.2 Å². The Hall–Kier alpha value is -1.68. The summed E-state index contributed by atoms with van der Waals surface area (Å²) in [6.45, 7) is 4.12. The molecule has 0 bridgehead atoms. The molecule has 0 radical (unpaired) electrons. The number of fused-ring (bicyclic) bond motifs is 1. The van der Waals surface area contributed by atoms with Crippen molar-refractivity contribution in [2.24, 2.45) is 5.92 Å². The molecule has 2 aliphatic heterocycles. The molecule has 1 unspecified atom stereocenters. The molecule has 1 aromatic rings. The third-order valence-electron chi connectivity index (χ3n) is 4.54. The van der Waals surface area contributed by atoms with Crippen LogP contribution in [0.2, 0.25) is 0 Å². The minimum atomic E-state index is 0.0554. The predicted octanol–water partition coefficient (Wildman–Crippen LogP) is 2.17. The molecule has 1 aromatic carbocycles. The number of ketones is 1. The first kappa shape index (κ1) is 14.3. The van der Waals surface area contributed by atoms with Crippen molar-refractivity contribution in [3.63, 3.8) is 0 Å². The van der Waals surface area contributed by atoms with Crippen LogP contribution in [0.5, 0.6) is 0 Å². The van der Waals surface area contributed by atoms with Gasteiger partial charge in [-0.05, 0) is 43.9 Å². The second-order valence-electron chi connectivity index (χ2n) is 6.03. The maximum Gasteiger partial charge on any atom is 0.223 e. The number of hydrogen-bond acceptors (Lipinski definition) is 3. The topological polar surface area (TPSA) is 49.4 Å². The standard InChI is InChI=1S/C17H22N2O2/c1-12(20)19-9-3-5-13-6-7-14(10-16(13)19)17(21)15-4-2-8-18-11-15/h6-7,10,15,18H,2-5,8-9,11H2,1H3. The first-order chi connectivity index (χ1) is 10.2. The van der Waals surface area contributed by atoms with Crippen molar-refractivity contribution in [3.05, 3.63) is 29.3 Å². The van der Waals surface area contributed by atoms with Gasteiger partial charge in [-0.3, -0.25) is 9.59 Å². The van der Waals surface area contributed by atoms with Crippen molar-refractivity contribution in [1.82, 2.24) is 5.32 Å². The molecule has 4 nitrogen and oxygen atoms in total. The molecule has 0 saturated carbocycles. The number of Topliss-reactive ketones (excluding diaryl/α,β-unsaturated/α-hetero) is 1. The zero-order valence-corrected chi connectivity index (χ0v) is 12.5. The number of hydrogen-bond donors (Lipinski definition) is 1. The molecule has 1 saturated heterocycles. The Bertz CT molecular complexity index is 562. The van der Waals surface area contributed by atoms with Crippen molar-refractivity contribution < 1.29 is 9.59 Å². The van der Waals surface area contributed by atoms with E-state index < -0.39 is 0 Å². The van der Waals surface area contributed by atoms with E-state index >= 15 is 0 Å². The molecule has 1 atom stereocenters. The number of carbonyl (C=O) groups excluding carboxylic acids is 2. The van der Waals surface area contributed by atoms with E-state index in [9.17, 15) is 9.59 Å². The van der Waals surface area contributed by atoms with Crippen LogP contribution in [0.3, 0.4) is 0 Å². The van der Waals surface area contributed by atoms with E-state index in [0.29, 0.717) is 0 Å². The number of piperidine rings is 1. The number of rotatable bonds is 2. The number of amides is 1. The Labute approximate surface area is 125 Å².